The highest BCUT2D eigenvalue weighted by molar-refractivity contribution is 5.37. The van der Waals surface area contributed by atoms with E-state index in [0.717, 1.165) is 0 Å². The lowest BCUT2D eigenvalue weighted by molar-refractivity contribution is -0.00652. The van der Waals surface area contributed by atoms with Crippen LogP contribution in [0.4, 0.5) is 8.78 Å². The molecule has 1 aliphatic carbocycles. The van der Waals surface area contributed by atoms with Crippen LogP contribution in [0.25, 0.3) is 0 Å². The minimum absolute atomic E-state index is 0.0304. The Bertz CT molecular complexity index is 368. The third-order valence-electron chi connectivity index (χ3n) is 2.01. The van der Waals surface area contributed by atoms with Crippen LogP contribution in [-0.4, -0.2) is 20.2 Å². The Morgan fingerprint density at radius 3 is 2.62 bits per heavy atom. The summed E-state index contributed by atoms with van der Waals surface area (Å²) < 4.78 is 26.0. The van der Waals surface area contributed by atoms with E-state index in [1.54, 1.807) is 0 Å². The van der Waals surface area contributed by atoms with Crippen LogP contribution in [0.15, 0.2) is 0 Å². The Morgan fingerprint density at radius 1 is 1.23 bits per heavy atom. The molecule has 6 heteroatoms. The summed E-state index contributed by atoms with van der Waals surface area (Å²) in [6, 6.07) is -0.821. The summed E-state index contributed by atoms with van der Waals surface area (Å²) in [5.41, 5.74) is -0.527. The van der Waals surface area contributed by atoms with Crippen molar-refractivity contribution in [2.45, 2.75) is 18.8 Å². The molecule has 70 valence electrons. The van der Waals surface area contributed by atoms with E-state index in [1.165, 1.54) is 0 Å². The lowest BCUT2D eigenvalue weighted by Crippen LogP contribution is -2.10. The predicted octanol–water partition coefficient (Wildman–Crippen LogP) is 0.926. The van der Waals surface area contributed by atoms with Gasteiger partial charge in [-0.15, -0.1) is 0 Å². The highest BCUT2D eigenvalue weighted by Gasteiger charge is 2.43. The first-order valence-corrected chi connectivity index (χ1v) is 3.68. The van der Waals surface area contributed by atoms with Gasteiger partial charge >= 0.3 is 6.01 Å². The van der Waals surface area contributed by atoms with E-state index in [2.05, 4.69) is 9.97 Å². The van der Waals surface area contributed by atoms with Gasteiger partial charge in [0.2, 0.25) is 5.88 Å². The van der Waals surface area contributed by atoms with Crippen molar-refractivity contribution in [2.24, 2.45) is 0 Å². The number of rotatable bonds is 0. The Balaban J connectivity index is 2.65. The normalized spacial score (nSPS) is 18.6. The van der Waals surface area contributed by atoms with Crippen molar-refractivity contribution in [3.05, 3.63) is 11.3 Å². The third kappa shape index (κ3) is 1.09. The topological polar surface area (TPSA) is 66.2 Å². The molecule has 0 saturated heterocycles. The van der Waals surface area contributed by atoms with Crippen LogP contribution in [0, 0.1) is 0 Å². The zero-order chi connectivity index (χ0) is 9.64. The number of hydrogen-bond acceptors (Lipinski definition) is 4. The molecule has 4 nitrogen and oxygen atoms in total. The Labute approximate surface area is 71.9 Å². The van der Waals surface area contributed by atoms with Gasteiger partial charge in [-0.25, -0.2) is 0 Å². The SMILES string of the molecule is Oc1nc(O)c2c(n1)C(F)(F)CC2. The number of fused-ring (bicyclic) bond motifs is 1. The van der Waals surface area contributed by atoms with Crippen molar-refractivity contribution in [2.75, 3.05) is 0 Å². The van der Waals surface area contributed by atoms with Crippen LogP contribution < -0.4 is 0 Å². The fraction of sp³-hybridized carbons (Fsp3) is 0.429. The van der Waals surface area contributed by atoms with Crippen molar-refractivity contribution in [3.8, 4) is 11.9 Å². The highest BCUT2D eigenvalue weighted by atomic mass is 19.3. The second-order valence-electron chi connectivity index (χ2n) is 2.88. The van der Waals surface area contributed by atoms with Crippen LogP contribution in [0.3, 0.4) is 0 Å². The Kier molecular flexibility index (Phi) is 1.43. The molecule has 0 bridgehead atoms. The second kappa shape index (κ2) is 2.27. The number of aromatic hydroxyl groups is 2. The maximum atomic E-state index is 13.0. The summed E-state index contributed by atoms with van der Waals surface area (Å²) in [7, 11) is 0. The number of halogens is 2. The third-order valence-corrected chi connectivity index (χ3v) is 2.01. The molecular weight excluding hydrogens is 182 g/mol. The molecule has 0 atom stereocenters. The van der Waals surface area contributed by atoms with Gasteiger partial charge in [0, 0.05) is 12.0 Å². The van der Waals surface area contributed by atoms with Crippen LogP contribution in [-0.2, 0) is 12.3 Å². The van der Waals surface area contributed by atoms with Gasteiger partial charge in [0.25, 0.3) is 5.92 Å². The zero-order valence-electron chi connectivity index (χ0n) is 6.46. The number of nitrogens with zero attached hydrogens (tertiary/aromatic N) is 2. The standard InChI is InChI=1S/C7H6F2N2O2/c8-7(9)2-1-3-4(7)10-6(13)11-5(3)12/h1-2H2,(H2,10,11,12,13). The Hall–Kier alpha value is -1.46. The molecule has 0 fully saturated rings. The van der Waals surface area contributed by atoms with Gasteiger partial charge in [-0.2, -0.15) is 18.7 Å². The molecule has 1 aliphatic rings. The zero-order valence-corrected chi connectivity index (χ0v) is 6.46. The second-order valence-corrected chi connectivity index (χ2v) is 2.88. The molecule has 0 spiro atoms. The molecule has 1 heterocycles. The van der Waals surface area contributed by atoms with E-state index >= 15 is 0 Å². The average molecular weight is 188 g/mol. The molecule has 2 rings (SSSR count). The van der Waals surface area contributed by atoms with E-state index in [0.29, 0.717) is 0 Å². The van der Waals surface area contributed by atoms with E-state index in [9.17, 15) is 8.78 Å². The van der Waals surface area contributed by atoms with Gasteiger partial charge in [0.1, 0.15) is 5.69 Å². The highest BCUT2D eigenvalue weighted by Crippen LogP contribution is 2.43. The molecule has 1 aromatic heterocycles. The van der Waals surface area contributed by atoms with Crippen molar-refractivity contribution in [1.29, 1.82) is 0 Å². The summed E-state index contributed by atoms with van der Waals surface area (Å²) in [5.74, 6) is -3.62. The average Bonchev–Trinajstić information content (AvgIpc) is 2.28. The molecule has 0 aromatic carbocycles. The van der Waals surface area contributed by atoms with Crippen LogP contribution in [0.1, 0.15) is 17.7 Å². The quantitative estimate of drug-likeness (QED) is 0.635. The lowest BCUT2D eigenvalue weighted by atomic mass is 10.2. The first-order valence-electron chi connectivity index (χ1n) is 3.68. The van der Waals surface area contributed by atoms with Crippen molar-refractivity contribution in [3.63, 3.8) is 0 Å². The van der Waals surface area contributed by atoms with Crippen molar-refractivity contribution < 1.29 is 19.0 Å². The van der Waals surface area contributed by atoms with E-state index < -0.39 is 29.9 Å². The van der Waals surface area contributed by atoms with Crippen molar-refractivity contribution >= 4 is 0 Å². The van der Waals surface area contributed by atoms with Gasteiger partial charge in [-0.3, -0.25) is 0 Å². The molecular formula is C7H6F2N2O2. The molecule has 0 amide bonds. The molecule has 0 radical (unpaired) electrons. The number of hydrogen-bond donors (Lipinski definition) is 2. The van der Waals surface area contributed by atoms with Crippen LogP contribution >= 0.6 is 0 Å². The maximum Gasteiger partial charge on any atom is 0.317 e. The minimum Gasteiger partial charge on any atom is -0.493 e. The molecule has 0 saturated carbocycles. The molecule has 0 unspecified atom stereocenters. The summed E-state index contributed by atoms with van der Waals surface area (Å²) >= 11 is 0. The smallest absolute Gasteiger partial charge is 0.317 e. The van der Waals surface area contributed by atoms with Gasteiger partial charge in [0.05, 0.1) is 0 Å². The monoisotopic (exact) mass is 188 g/mol. The summed E-state index contributed by atoms with van der Waals surface area (Å²) in [4.78, 5) is 6.38. The summed E-state index contributed by atoms with van der Waals surface area (Å²) in [6.07, 6.45) is -0.359. The van der Waals surface area contributed by atoms with Crippen molar-refractivity contribution in [1.82, 2.24) is 9.97 Å². The summed E-state index contributed by atoms with van der Waals surface area (Å²) in [5, 5.41) is 17.9. The van der Waals surface area contributed by atoms with Gasteiger partial charge in [-0.1, -0.05) is 0 Å². The molecule has 13 heavy (non-hydrogen) atoms. The summed E-state index contributed by atoms with van der Waals surface area (Å²) in [6.45, 7) is 0. The fourth-order valence-corrected chi connectivity index (χ4v) is 1.39. The maximum absolute atomic E-state index is 13.0. The van der Waals surface area contributed by atoms with Crippen LogP contribution in [0.2, 0.25) is 0 Å². The van der Waals surface area contributed by atoms with E-state index in [-0.39, 0.29) is 12.0 Å². The lowest BCUT2D eigenvalue weighted by Gasteiger charge is -2.08. The van der Waals surface area contributed by atoms with Gasteiger partial charge in [-0.05, 0) is 6.42 Å². The van der Waals surface area contributed by atoms with E-state index in [1.807, 2.05) is 0 Å². The van der Waals surface area contributed by atoms with E-state index in [4.69, 9.17) is 10.2 Å². The largest absolute Gasteiger partial charge is 0.493 e. The number of aromatic nitrogens is 2. The first-order chi connectivity index (χ1) is 6.00. The molecule has 1 aromatic rings. The van der Waals surface area contributed by atoms with Gasteiger partial charge < -0.3 is 10.2 Å². The number of alkyl halides is 2. The Morgan fingerprint density at radius 2 is 1.92 bits per heavy atom. The fourth-order valence-electron chi connectivity index (χ4n) is 1.39. The van der Waals surface area contributed by atoms with Gasteiger partial charge in [0.15, 0.2) is 0 Å². The minimum atomic E-state index is -3.06. The molecule has 2 N–H and O–H groups in total. The first kappa shape index (κ1) is 8.15. The predicted molar refractivity (Wildman–Crippen MR) is 37.6 cm³/mol. The van der Waals surface area contributed by atoms with Crippen LogP contribution in [0.5, 0.6) is 11.9 Å². The molecule has 0 aliphatic heterocycles.